The SMILES string of the molecule is COCCC(=O)NCc1ccccc1O. The first-order chi connectivity index (χ1) is 7.24. The van der Waals surface area contributed by atoms with Gasteiger partial charge in [-0.05, 0) is 6.07 Å². The van der Waals surface area contributed by atoms with Crippen LogP contribution in [0.15, 0.2) is 24.3 Å². The molecule has 4 heteroatoms. The number of aromatic hydroxyl groups is 1. The fourth-order valence-electron chi connectivity index (χ4n) is 1.14. The largest absolute Gasteiger partial charge is 0.508 e. The van der Waals surface area contributed by atoms with Gasteiger partial charge in [0.15, 0.2) is 0 Å². The highest BCUT2D eigenvalue weighted by molar-refractivity contribution is 5.76. The van der Waals surface area contributed by atoms with Crippen molar-refractivity contribution < 1.29 is 14.6 Å². The molecule has 1 aromatic carbocycles. The minimum absolute atomic E-state index is 0.0832. The summed E-state index contributed by atoms with van der Waals surface area (Å²) in [6, 6.07) is 6.92. The second kappa shape index (κ2) is 6.03. The average Bonchev–Trinajstić information content (AvgIpc) is 2.25. The molecule has 0 saturated carbocycles. The van der Waals surface area contributed by atoms with Crippen LogP contribution in [0.5, 0.6) is 5.75 Å². The number of ether oxygens (including phenoxy) is 1. The number of amides is 1. The molecular formula is C11H15NO3. The molecule has 1 rings (SSSR count). The maximum absolute atomic E-state index is 11.2. The lowest BCUT2D eigenvalue weighted by Crippen LogP contribution is -2.23. The van der Waals surface area contributed by atoms with Gasteiger partial charge in [0.05, 0.1) is 6.61 Å². The molecule has 0 aromatic heterocycles. The number of para-hydroxylation sites is 1. The number of benzene rings is 1. The van der Waals surface area contributed by atoms with Gasteiger partial charge in [-0.15, -0.1) is 0 Å². The van der Waals surface area contributed by atoms with Gasteiger partial charge in [-0.25, -0.2) is 0 Å². The number of carbonyl (C=O) groups is 1. The monoisotopic (exact) mass is 209 g/mol. The molecule has 0 spiro atoms. The van der Waals surface area contributed by atoms with Gasteiger partial charge in [-0.3, -0.25) is 4.79 Å². The average molecular weight is 209 g/mol. The Hall–Kier alpha value is -1.55. The molecule has 15 heavy (non-hydrogen) atoms. The molecule has 1 aromatic rings. The van der Waals surface area contributed by atoms with Crippen LogP contribution < -0.4 is 5.32 Å². The lowest BCUT2D eigenvalue weighted by Gasteiger charge is -2.06. The van der Waals surface area contributed by atoms with Gasteiger partial charge in [0.1, 0.15) is 5.75 Å². The minimum Gasteiger partial charge on any atom is -0.508 e. The molecule has 0 aliphatic rings. The molecule has 0 aliphatic heterocycles. The first-order valence-corrected chi connectivity index (χ1v) is 4.76. The fraction of sp³-hybridized carbons (Fsp3) is 0.364. The maximum Gasteiger partial charge on any atom is 0.222 e. The summed E-state index contributed by atoms with van der Waals surface area (Å²) in [4.78, 5) is 11.2. The number of hydrogen-bond acceptors (Lipinski definition) is 3. The van der Waals surface area contributed by atoms with Crippen molar-refractivity contribution in [2.75, 3.05) is 13.7 Å². The topological polar surface area (TPSA) is 58.6 Å². The number of methoxy groups -OCH3 is 1. The van der Waals surface area contributed by atoms with Crippen molar-refractivity contribution in [1.82, 2.24) is 5.32 Å². The Balaban J connectivity index is 2.37. The van der Waals surface area contributed by atoms with Crippen molar-refractivity contribution in [3.8, 4) is 5.75 Å². The smallest absolute Gasteiger partial charge is 0.222 e. The van der Waals surface area contributed by atoms with Crippen LogP contribution in [-0.4, -0.2) is 24.7 Å². The molecule has 0 fully saturated rings. The van der Waals surface area contributed by atoms with Crippen LogP contribution in [-0.2, 0) is 16.1 Å². The fourth-order valence-corrected chi connectivity index (χ4v) is 1.14. The van der Waals surface area contributed by atoms with E-state index in [4.69, 9.17) is 4.74 Å². The van der Waals surface area contributed by atoms with Crippen LogP contribution >= 0.6 is 0 Å². The van der Waals surface area contributed by atoms with Crippen molar-refractivity contribution in [2.45, 2.75) is 13.0 Å². The molecule has 0 radical (unpaired) electrons. The highest BCUT2D eigenvalue weighted by Crippen LogP contribution is 2.14. The number of carbonyl (C=O) groups excluding carboxylic acids is 1. The summed E-state index contributed by atoms with van der Waals surface area (Å²) in [6.07, 6.45) is 0.337. The summed E-state index contributed by atoms with van der Waals surface area (Å²) >= 11 is 0. The van der Waals surface area contributed by atoms with E-state index in [2.05, 4.69) is 5.32 Å². The van der Waals surface area contributed by atoms with Crippen molar-refractivity contribution >= 4 is 5.91 Å². The zero-order chi connectivity index (χ0) is 11.1. The number of phenolic OH excluding ortho intramolecular Hbond substituents is 1. The van der Waals surface area contributed by atoms with Gasteiger partial charge in [-0.2, -0.15) is 0 Å². The van der Waals surface area contributed by atoms with Crippen molar-refractivity contribution in [2.24, 2.45) is 0 Å². The van der Waals surface area contributed by atoms with Gasteiger partial charge >= 0.3 is 0 Å². The molecular weight excluding hydrogens is 194 g/mol. The molecule has 0 saturated heterocycles. The second-order valence-corrected chi connectivity index (χ2v) is 3.15. The molecule has 82 valence electrons. The van der Waals surface area contributed by atoms with E-state index in [1.165, 1.54) is 0 Å². The molecule has 1 amide bonds. The third kappa shape index (κ3) is 3.99. The van der Waals surface area contributed by atoms with Gasteiger partial charge in [0.25, 0.3) is 0 Å². The van der Waals surface area contributed by atoms with Gasteiger partial charge < -0.3 is 15.2 Å². The normalized spacial score (nSPS) is 9.93. The quantitative estimate of drug-likeness (QED) is 0.762. The molecule has 0 aliphatic carbocycles. The van der Waals surface area contributed by atoms with E-state index in [1.807, 2.05) is 6.07 Å². The Labute approximate surface area is 88.9 Å². The lowest BCUT2D eigenvalue weighted by molar-refractivity contribution is -0.122. The summed E-state index contributed by atoms with van der Waals surface area (Å²) in [7, 11) is 1.55. The predicted octanol–water partition coefficient (Wildman–Crippen LogP) is 1.04. The summed E-state index contributed by atoms with van der Waals surface area (Å²) < 4.78 is 4.78. The Morgan fingerprint density at radius 3 is 2.87 bits per heavy atom. The molecule has 0 heterocycles. The van der Waals surface area contributed by atoms with Gasteiger partial charge in [-0.1, -0.05) is 18.2 Å². The van der Waals surface area contributed by atoms with Crippen LogP contribution in [0.3, 0.4) is 0 Å². The second-order valence-electron chi connectivity index (χ2n) is 3.15. The third-order valence-corrected chi connectivity index (χ3v) is 2.00. The maximum atomic E-state index is 11.2. The van der Waals surface area contributed by atoms with Crippen molar-refractivity contribution in [3.63, 3.8) is 0 Å². The lowest BCUT2D eigenvalue weighted by atomic mass is 10.2. The predicted molar refractivity (Wildman–Crippen MR) is 56.4 cm³/mol. The van der Waals surface area contributed by atoms with Crippen LogP contribution in [0.1, 0.15) is 12.0 Å². The Bertz CT molecular complexity index is 325. The zero-order valence-electron chi connectivity index (χ0n) is 8.69. The molecule has 2 N–H and O–H groups in total. The Morgan fingerprint density at radius 2 is 2.20 bits per heavy atom. The Kier molecular flexibility index (Phi) is 4.63. The van der Waals surface area contributed by atoms with E-state index < -0.39 is 0 Å². The number of nitrogens with one attached hydrogen (secondary N) is 1. The van der Waals surface area contributed by atoms with E-state index >= 15 is 0 Å². The van der Waals surface area contributed by atoms with Gasteiger partial charge in [0, 0.05) is 25.6 Å². The van der Waals surface area contributed by atoms with Gasteiger partial charge in [0.2, 0.25) is 5.91 Å². The Morgan fingerprint density at radius 1 is 1.47 bits per heavy atom. The minimum atomic E-state index is -0.0832. The van der Waals surface area contributed by atoms with E-state index in [-0.39, 0.29) is 11.7 Å². The first-order valence-electron chi connectivity index (χ1n) is 4.76. The number of rotatable bonds is 5. The summed E-state index contributed by atoms with van der Waals surface area (Å²) in [6.45, 7) is 0.752. The molecule has 0 bridgehead atoms. The zero-order valence-corrected chi connectivity index (χ0v) is 8.69. The molecule has 0 unspecified atom stereocenters. The molecule has 4 nitrogen and oxygen atoms in total. The van der Waals surface area contributed by atoms with E-state index in [0.717, 1.165) is 0 Å². The van der Waals surface area contributed by atoms with E-state index in [0.29, 0.717) is 25.1 Å². The highest BCUT2D eigenvalue weighted by Gasteiger charge is 2.03. The standard InChI is InChI=1S/C11H15NO3/c1-15-7-6-11(14)12-8-9-4-2-3-5-10(9)13/h2-5,13H,6-8H2,1H3,(H,12,14). The number of hydrogen-bond donors (Lipinski definition) is 2. The third-order valence-electron chi connectivity index (χ3n) is 2.00. The van der Waals surface area contributed by atoms with Crippen LogP contribution in [0.4, 0.5) is 0 Å². The van der Waals surface area contributed by atoms with Crippen molar-refractivity contribution in [3.05, 3.63) is 29.8 Å². The van der Waals surface area contributed by atoms with Crippen molar-refractivity contribution in [1.29, 1.82) is 0 Å². The highest BCUT2D eigenvalue weighted by atomic mass is 16.5. The van der Waals surface area contributed by atoms with E-state index in [1.54, 1.807) is 25.3 Å². The first kappa shape index (κ1) is 11.5. The summed E-state index contributed by atoms with van der Waals surface area (Å²) in [5.74, 6) is 0.115. The molecule has 0 atom stereocenters. The summed E-state index contributed by atoms with van der Waals surface area (Å²) in [5, 5.41) is 12.1. The number of phenols is 1. The van der Waals surface area contributed by atoms with Crippen LogP contribution in [0.25, 0.3) is 0 Å². The summed E-state index contributed by atoms with van der Waals surface area (Å²) in [5.41, 5.74) is 0.711. The van der Waals surface area contributed by atoms with Crippen LogP contribution in [0, 0.1) is 0 Å². The van der Waals surface area contributed by atoms with Crippen LogP contribution in [0.2, 0.25) is 0 Å². The van der Waals surface area contributed by atoms with E-state index in [9.17, 15) is 9.90 Å².